The molecule has 1 unspecified atom stereocenters. The number of aliphatic hydroxyl groups excluding tert-OH is 1. The van der Waals surface area contributed by atoms with E-state index in [-0.39, 0.29) is 18.3 Å². The second-order valence-corrected chi connectivity index (χ2v) is 5.72. The Morgan fingerprint density at radius 2 is 2.16 bits per heavy atom. The van der Waals surface area contributed by atoms with Crippen LogP contribution in [0.25, 0.3) is 0 Å². The molecule has 0 fully saturated rings. The molecule has 0 saturated carbocycles. The number of nitrogens with zero attached hydrogens (tertiary/aromatic N) is 2. The van der Waals surface area contributed by atoms with Gasteiger partial charge in [-0.3, -0.25) is 4.68 Å². The average Bonchev–Trinajstić information content (AvgIpc) is 2.82. The Bertz CT molecular complexity index is 568. The molecule has 2 rings (SSSR count). The third-order valence-corrected chi connectivity index (χ3v) is 3.46. The van der Waals surface area contributed by atoms with Gasteiger partial charge in [-0.05, 0) is 31.5 Å². The highest BCUT2D eigenvalue weighted by atomic mass is 79.9. The van der Waals surface area contributed by atoms with E-state index in [4.69, 9.17) is 0 Å². The second kappa shape index (κ2) is 5.84. The van der Waals surface area contributed by atoms with E-state index in [0.29, 0.717) is 15.6 Å². The Hall–Kier alpha value is -1.20. The van der Waals surface area contributed by atoms with E-state index in [1.807, 2.05) is 13.8 Å². The van der Waals surface area contributed by atoms with Crippen molar-refractivity contribution in [3.8, 4) is 0 Å². The summed E-state index contributed by atoms with van der Waals surface area (Å²) < 4.78 is 16.2. The summed E-state index contributed by atoms with van der Waals surface area (Å²) in [4.78, 5) is 0. The lowest BCUT2D eigenvalue weighted by Gasteiger charge is -2.10. The van der Waals surface area contributed by atoms with Gasteiger partial charge in [0.05, 0.1) is 12.3 Å². The second-order valence-electron chi connectivity index (χ2n) is 4.80. The number of halogens is 2. The van der Waals surface area contributed by atoms with Gasteiger partial charge in [0.25, 0.3) is 0 Å². The Morgan fingerprint density at radius 1 is 1.42 bits per heavy atom. The lowest BCUT2D eigenvalue weighted by Crippen LogP contribution is -2.03. The summed E-state index contributed by atoms with van der Waals surface area (Å²) in [5.41, 5.74) is 1.20. The minimum Gasteiger partial charge on any atom is -0.388 e. The summed E-state index contributed by atoms with van der Waals surface area (Å²) >= 11 is 3.21. The fourth-order valence-corrected chi connectivity index (χ4v) is 2.15. The SMILES string of the molecule is CC(C)n1cc(C(O)Cc2ccc(Br)cc2F)cn1. The predicted octanol–water partition coefficient (Wildman–Crippen LogP) is 3.64. The van der Waals surface area contributed by atoms with Crippen molar-refractivity contribution < 1.29 is 9.50 Å². The maximum atomic E-state index is 13.7. The topological polar surface area (TPSA) is 38.0 Å². The van der Waals surface area contributed by atoms with Crippen LogP contribution in [-0.4, -0.2) is 14.9 Å². The van der Waals surface area contributed by atoms with Crippen LogP contribution in [0.15, 0.2) is 35.1 Å². The van der Waals surface area contributed by atoms with E-state index in [0.717, 1.165) is 0 Å². The van der Waals surface area contributed by atoms with Crippen molar-refractivity contribution >= 4 is 15.9 Å². The first kappa shape index (κ1) is 14.2. The summed E-state index contributed by atoms with van der Waals surface area (Å²) in [6.07, 6.45) is 2.92. The average molecular weight is 327 g/mol. The lowest BCUT2D eigenvalue weighted by molar-refractivity contribution is 0.177. The molecule has 5 heteroatoms. The third-order valence-electron chi connectivity index (χ3n) is 2.96. The maximum Gasteiger partial charge on any atom is 0.127 e. The van der Waals surface area contributed by atoms with Crippen molar-refractivity contribution in [2.45, 2.75) is 32.4 Å². The summed E-state index contributed by atoms with van der Waals surface area (Å²) in [6.45, 7) is 4.02. The Kier molecular flexibility index (Phi) is 4.37. The van der Waals surface area contributed by atoms with Crippen LogP contribution in [0.1, 0.15) is 37.1 Å². The van der Waals surface area contributed by atoms with Crippen molar-refractivity contribution in [1.82, 2.24) is 9.78 Å². The molecule has 0 aliphatic rings. The van der Waals surface area contributed by atoms with Gasteiger partial charge in [-0.1, -0.05) is 22.0 Å². The van der Waals surface area contributed by atoms with Crippen LogP contribution in [-0.2, 0) is 6.42 Å². The fourth-order valence-electron chi connectivity index (χ4n) is 1.82. The first-order chi connectivity index (χ1) is 8.97. The van der Waals surface area contributed by atoms with Crippen LogP contribution in [0.3, 0.4) is 0 Å². The molecule has 0 saturated heterocycles. The molecule has 1 N–H and O–H groups in total. The first-order valence-electron chi connectivity index (χ1n) is 6.13. The molecule has 0 aliphatic heterocycles. The molecule has 102 valence electrons. The van der Waals surface area contributed by atoms with Gasteiger partial charge in [-0.2, -0.15) is 5.10 Å². The number of aliphatic hydroxyl groups is 1. The van der Waals surface area contributed by atoms with Gasteiger partial charge in [0.1, 0.15) is 5.82 Å². The third kappa shape index (κ3) is 3.42. The molecule has 3 nitrogen and oxygen atoms in total. The van der Waals surface area contributed by atoms with Crippen LogP contribution in [0.2, 0.25) is 0 Å². The standard InChI is InChI=1S/C14H16BrFN2O/c1-9(2)18-8-11(7-17-18)14(19)5-10-3-4-12(15)6-13(10)16/h3-4,6-9,14,19H,5H2,1-2H3. The van der Waals surface area contributed by atoms with Crippen LogP contribution in [0.4, 0.5) is 4.39 Å². The summed E-state index contributed by atoms with van der Waals surface area (Å²) in [7, 11) is 0. The molecule has 1 aromatic heterocycles. The van der Waals surface area contributed by atoms with Crippen LogP contribution < -0.4 is 0 Å². The zero-order chi connectivity index (χ0) is 14.0. The number of hydrogen-bond donors (Lipinski definition) is 1. The van der Waals surface area contributed by atoms with E-state index < -0.39 is 6.10 Å². The molecule has 1 heterocycles. The van der Waals surface area contributed by atoms with E-state index in [9.17, 15) is 9.50 Å². The largest absolute Gasteiger partial charge is 0.388 e. The number of aromatic nitrogens is 2. The van der Waals surface area contributed by atoms with Crippen molar-refractivity contribution in [3.63, 3.8) is 0 Å². The number of rotatable bonds is 4. The summed E-state index contributed by atoms with van der Waals surface area (Å²) in [6, 6.07) is 5.09. The highest BCUT2D eigenvalue weighted by Crippen LogP contribution is 2.22. The smallest absolute Gasteiger partial charge is 0.127 e. The quantitative estimate of drug-likeness (QED) is 0.931. The molecule has 1 atom stereocenters. The molecule has 2 aromatic rings. The molecule has 19 heavy (non-hydrogen) atoms. The van der Waals surface area contributed by atoms with E-state index in [2.05, 4.69) is 21.0 Å². The van der Waals surface area contributed by atoms with E-state index in [1.54, 1.807) is 29.2 Å². The van der Waals surface area contributed by atoms with Gasteiger partial charge in [0, 0.05) is 28.7 Å². The van der Waals surface area contributed by atoms with Crippen LogP contribution >= 0.6 is 15.9 Å². The van der Waals surface area contributed by atoms with Crippen molar-refractivity contribution in [3.05, 3.63) is 52.0 Å². The highest BCUT2D eigenvalue weighted by molar-refractivity contribution is 9.10. The van der Waals surface area contributed by atoms with Crippen molar-refractivity contribution in [1.29, 1.82) is 0 Å². The van der Waals surface area contributed by atoms with Crippen LogP contribution in [0.5, 0.6) is 0 Å². The van der Waals surface area contributed by atoms with Gasteiger partial charge in [-0.15, -0.1) is 0 Å². The molecule has 0 spiro atoms. The van der Waals surface area contributed by atoms with Crippen LogP contribution in [0, 0.1) is 5.82 Å². The maximum absolute atomic E-state index is 13.7. The zero-order valence-electron chi connectivity index (χ0n) is 10.8. The number of hydrogen-bond acceptors (Lipinski definition) is 2. The normalized spacial score (nSPS) is 12.9. The minimum absolute atomic E-state index is 0.239. The van der Waals surface area contributed by atoms with E-state index >= 15 is 0 Å². The van der Waals surface area contributed by atoms with Gasteiger partial charge in [-0.25, -0.2) is 4.39 Å². The van der Waals surface area contributed by atoms with E-state index in [1.165, 1.54) is 6.07 Å². The first-order valence-corrected chi connectivity index (χ1v) is 6.92. The molecule has 0 aliphatic carbocycles. The van der Waals surface area contributed by atoms with Gasteiger partial charge in [0.15, 0.2) is 0 Å². The zero-order valence-corrected chi connectivity index (χ0v) is 12.4. The molecule has 0 amide bonds. The summed E-state index contributed by atoms with van der Waals surface area (Å²) in [5, 5.41) is 14.3. The molecular weight excluding hydrogens is 311 g/mol. The Morgan fingerprint density at radius 3 is 2.74 bits per heavy atom. The number of benzene rings is 1. The predicted molar refractivity (Wildman–Crippen MR) is 75.4 cm³/mol. The lowest BCUT2D eigenvalue weighted by atomic mass is 10.0. The highest BCUT2D eigenvalue weighted by Gasteiger charge is 2.14. The Balaban J connectivity index is 2.13. The fraction of sp³-hybridized carbons (Fsp3) is 0.357. The Labute approximate surface area is 120 Å². The van der Waals surface area contributed by atoms with Gasteiger partial charge in [0.2, 0.25) is 0 Å². The van der Waals surface area contributed by atoms with Gasteiger partial charge < -0.3 is 5.11 Å². The molecule has 0 radical (unpaired) electrons. The van der Waals surface area contributed by atoms with Crippen molar-refractivity contribution in [2.75, 3.05) is 0 Å². The molecule has 1 aromatic carbocycles. The minimum atomic E-state index is -0.747. The summed E-state index contributed by atoms with van der Waals surface area (Å²) in [5.74, 6) is -0.315. The monoisotopic (exact) mass is 326 g/mol. The van der Waals surface area contributed by atoms with Crippen molar-refractivity contribution in [2.24, 2.45) is 0 Å². The molecule has 0 bridgehead atoms. The molecular formula is C14H16BrFN2O. The van der Waals surface area contributed by atoms with Gasteiger partial charge >= 0.3 is 0 Å².